The Morgan fingerprint density at radius 2 is 2.20 bits per heavy atom. The minimum atomic E-state index is -3.40. The first-order valence-electron chi connectivity index (χ1n) is 3.93. The van der Waals surface area contributed by atoms with Gasteiger partial charge in [-0.05, 0) is 17.6 Å². The topological polar surface area (TPSA) is 61.1 Å². The van der Waals surface area contributed by atoms with Crippen LogP contribution in [0, 0.1) is 0 Å². The van der Waals surface area contributed by atoms with Crippen molar-refractivity contribution in [3.63, 3.8) is 0 Å². The number of hydrogen-bond acceptors (Lipinski definition) is 4. The molecule has 7 heteroatoms. The van der Waals surface area contributed by atoms with Gasteiger partial charge in [0.15, 0.2) is 10.0 Å². The third kappa shape index (κ3) is 2.58. The minimum absolute atomic E-state index is 0.231. The second-order valence-electron chi connectivity index (χ2n) is 2.93. The Labute approximate surface area is 96.0 Å². The Balaban J connectivity index is 2.48. The number of halogens is 1. The summed E-state index contributed by atoms with van der Waals surface area (Å²) >= 11 is 6.99. The van der Waals surface area contributed by atoms with Crippen molar-refractivity contribution in [2.24, 2.45) is 0 Å². The number of rotatable bonds is 2. The van der Waals surface area contributed by atoms with Gasteiger partial charge in [-0.3, -0.25) is 0 Å². The zero-order valence-electron chi connectivity index (χ0n) is 7.64. The predicted octanol–water partition coefficient (Wildman–Crippen LogP) is 2.91. The Morgan fingerprint density at radius 1 is 1.47 bits per heavy atom. The molecule has 2 aromatic rings. The summed E-state index contributed by atoms with van der Waals surface area (Å²) in [4.78, 5) is 4.05. The van der Waals surface area contributed by atoms with Crippen molar-refractivity contribution in [3.8, 4) is 0 Å². The molecule has 1 aromatic carbocycles. The van der Waals surface area contributed by atoms with Gasteiger partial charge in [-0.25, -0.2) is 8.42 Å². The van der Waals surface area contributed by atoms with Crippen molar-refractivity contribution < 1.29 is 8.42 Å². The highest BCUT2D eigenvalue weighted by Gasteiger charge is 1.99. The number of sulfonamides is 1. The Morgan fingerprint density at radius 3 is 2.87 bits per heavy atom. The Hall–Kier alpha value is -0.850. The van der Waals surface area contributed by atoms with Gasteiger partial charge < -0.3 is 9.71 Å². The summed E-state index contributed by atoms with van der Waals surface area (Å²) in [6.07, 6.45) is 1.03. The van der Waals surface area contributed by atoms with E-state index in [1.54, 1.807) is 18.2 Å². The predicted molar refractivity (Wildman–Crippen MR) is 62.5 cm³/mol. The lowest BCUT2D eigenvalue weighted by Gasteiger charge is -2.05. The molecular formula is C8H6ClN2O2S2-. The lowest BCUT2D eigenvalue weighted by molar-refractivity contribution is 0.609. The third-order valence-electron chi connectivity index (χ3n) is 1.58. The number of aromatic nitrogens is 1. The lowest BCUT2D eigenvalue weighted by atomic mass is 10.3. The zero-order chi connectivity index (χ0) is 11.1. The summed E-state index contributed by atoms with van der Waals surface area (Å²) in [6, 6.07) is 5.17. The fraction of sp³-hybridized carbons (Fsp3) is 0.125. The lowest BCUT2D eigenvalue weighted by Crippen LogP contribution is -1.89. The molecule has 0 fully saturated rings. The number of nitrogens with zero attached hydrogens (tertiary/aromatic N) is 2. The van der Waals surface area contributed by atoms with E-state index in [4.69, 9.17) is 11.6 Å². The van der Waals surface area contributed by atoms with Crippen molar-refractivity contribution in [1.29, 1.82) is 0 Å². The van der Waals surface area contributed by atoms with Crippen molar-refractivity contribution in [2.45, 2.75) is 0 Å². The first-order valence-corrected chi connectivity index (χ1v) is 6.97. The van der Waals surface area contributed by atoms with Gasteiger partial charge in [0.05, 0.1) is 0 Å². The fourth-order valence-electron chi connectivity index (χ4n) is 1.07. The van der Waals surface area contributed by atoms with E-state index in [1.165, 1.54) is 11.3 Å². The molecule has 80 valence electrons. The maximum atomic E-state index is 10.9. The normalized spacial score (nSPS) is 11.9. The monoisotopic (exact) mass is 261 g/mol. The second-order valence-corrected chi connectivity index (χ2v) is 6.03. The first kappa shape index (κ1) is 10.7. The highest BCUT2D eigenvalue weighted by Crippen LogP contribution is 2.33. The van der Waals surface area contributed by atoms with Gasteiger partial charge in [0.1, 0.15) is 0 Å². The molecule has 1 aromatic heterocycles. The van der Waals surface area contributed by atoms with Crippen LogP contribution in [0.1, 0.15) is 0 Å². The summed E-state index contributed by atoms with van der Waals surface area (Å²) in [5.41, 5.74) is 0.701. The molecule has 0 spiro atoms. The van der Waals surface area contributed by atoms with Gasteiger partial charge in [-0.2, -0.15) is 0 Å². The van der Waals surface area contributed by atoms with Crippen LogP contribution in [-0.2, 0) is 10.0 Å². The summed E-state index contributed by atoms with van der Waals surface area (Å²) in [7, 11) is -3.40. The molecule has 0 aliphatic carbocycles. The van der Waals surface area contributed by atoms with E-state index < -0.39 is 10.0 Å². The summed E-state index contributed by atoms with van der Waals surface area (Å²) in [5, 5.41) is 0.826. The van der Waals surface area contributed by atoms with Gasteiger partial charge in [0.2, 0.25) is 0 Å². The maximum absolute atomic E-state index is 10.9. The largest absolute Gasteiger partial charge is 0.426 e. The van der Waals surface area contributed by atoms with E-state index in [9.17, 15) is 8.42 Å². The molecule has 0 radical (unpaired) electrons. The molecule has 0 saturated heterocycles. The van der Waals surface area contributed by atoms with Crippen LogP contribution in [0.25, 0.3) is 14.9 Å². The van der Waals surface area contributed by atoms with Crippen LogP contribution in [0.3, 0.4) is 0 Å². The number of thiazole rings is 1. The number of hydrogen-bond donors (Lipinski definition) is 0. The fourth-order valence-corrected chi connectivity index (χ4v) is 2.93. The molecule has 0 unspecified atom stereocenters. The van der Waals surface area contributed by atoms with Gasteiger partial charge >= 0.3 is 0 Å². The zero-order valence-corrected chi connectivity index (χ0v) is 10.0. The average Bonchev–Trinajstić information content (AvgIpc) is 2.42. The molecule has 2 rings (SSSR count). The van der Waals surface area contributed by atoms with E-state index in [1.807, 2.05) is 0 Å². The standard InChI is InChI=1S/C8H6ClN2O2S2/c1-15(12,13)11-8-10-6-3-2-5(9)4-7(6)14-8/h2-4H,1H3/q-1. The summed E-state index contributed by atoms with van der Waals surface area (Å²) < 4.78 is 26.2. The molecule has 1 heterocycles. The van der Waals surface area contributed by atoms with Crippen molar-refractivity contribution in [2.75, 3.05) is 6.26 Å². The molecule has 0 bridgehead atoms. The van der Waals surface area contributed by atoms with Crippen LogP contribution < -0.4 is 0 Å². The minimum Gasteiger partial charge on any atom is -0.426 e. The molecule has 4 nitrogen and oxygen atoms in total. The van der Waals surface area contributed by atoms with Crippen LogP contribution in [0.5, 0.6) is 0 Å². The molecular weight excluding hydrogens is 256 g/mol. The maximum Gasteiger partial charge on any atom is 0.171 e. The highest BCUT2D eigenvalue weighted by molar-refractivity contribution is 7.93. The molecule has 15 heavy (non-hydrogen) atoms. The summed E-state index contributed by atoms with van der Waals surface area (Å²) in [5.74, 6) is 0. The van der Waals surface area contributed by atoms with Crippen LogP contribution in [0.2, 0.25) is 5.02 Å². The number of fused-ring (bicyclic) bond motifs is 1. The van der Waals surface area contributed by atoms with E-state index in [0.29, 0.717) is 10.5 Å². The quantitative estimate of drug-likeness (QED) is 0.835. The number of benzene rings is 1. The SMILES string of the molecule is CS(=O)(=O)[N-]c1nc2ccc(Cl)cc2s1. The molecule has 0 aliphatic heterocycles. The molecule has 0 amide bonds. The highest BCUT2D eigenvalue weighted by atomic mass is 35.5. The van der Waals surface area contributed by atoms with Gasteiger partial charge in [0.25, 0.3) is 0 Å². The molecule has 0 aliphatic rings. The van der Waals surface area contributed by atoms with E-state index in [0.717, 1.165) is 11.0 Å². The second kappa shape index (κ2) is 3.62. The van der Waals surface area contributed by atoms with Gasteiger partial charge in [-0.15, -0.1) is 11.3 Å². The van der Waals surface area contributed by atoms with Crippen LogP contribution in [-0.4, -0.2) is 19.7 Å². The van der Waals surface area contributed by atoms with Crippen LogP contribution >= 0.6 is 22.9 Å². The van der Waals surface area contributed by atoms with Crippen molar-refractivity contribution in [3.05, 3.63) is 27.9 Å². The third-order valence-corrected chi connectivity index (χ3v) is 3.35. The van der Waals surface area contributed by atoms with Gasteiger partial charge in [-0.1, -0.05) is 17.7 Å². The average molecular weight is 262 g/mol. The Kier molecular flexibility index (Phi) is 2.57. The molecule has 0 saturated carbocycles. The van der Waals surface area contributed by atoms with E-state index in [-0.39, 0.29) is 5.13 Å². The van der Waals surface area contributed by atoms with Crippen LogP contribution in [0.15, 0.2) is 18.2 Å². The van der Waals surface area contributed by atoms with Crippen molar-refractivity contribution in [1.82, 2.24) is 4.98 Å². The van der Waals surface area contributed by atoms with Crippen LogP contribution in [0.4, 0.5) is 5.13 Å². The Bertz CT molecular complexity index is 606. The van der Waals surface area contributed by atoms with Crippen molar-refractivity contribution >= 4 is 48.3 Å². The summed E-state index contributed by atoms with van der Waals surface area (Å²) in [6.45, 7) is 0. The van der Waals surface area contributed by atoms with Gasteiger partial charge in [0, 0.05) is 21.1 Å². The first-order chi connectivity index (χ1) is 6.94. The molecule has 0 atom stereocenters. The van der Waals surface area contributed by atoms with E-state index in [2.05, 4.69) is 9.71 Å². The van der Waals surface area contributed by atoms with E-state index >= 15 is 0 Å². The molecule has 0 N–H and O–H groups in total. The smallest absolute Gasteiger partial charge is 0.171 e.